The van der Waals surface area contributed by atoms with Gasteiger partial charge in [0.1, 0.15) is 11.5 Å². The van der Waals surface area contributed by atoms with E-state index in [1.807, 2.05) is 0 Å². The molecule has 1 aliphatic carbocycles. The Hall–Kier alpha value is -2.23. The highest BCUT2D eigenvalue weighted by Gasteiger charge is 2.49. The lowest BCUT2D eigenvalue weighted by molar-refractivity contribution is -0.405. The number of hydrogen-bond acceptors (Lipinski definition) is 4. The van der Waals surface area contributed by atoms with E-state index in [-0.39, 0.29) is 12.2 Å². The predicted octanol–water partition coefficient (Wildman–Crippen LogP) is 2.08. The summed E-state index contributed by atoms with van der Waals surface area (Å²) in [7, 11) is -5.71. The van der Waals surface area contributed by atoms with Crippen LogP contribution >= 0.6 is 0 Å². The van der Waals surface area contributed by atoms with Crippen molar-refractivity contribution in [3.05, 3.63) is 52.8 Å². The van der Waals surface area contributed by atoms with E-state index in [1.54, 1.807) is 22.9 Å². The molecule has 23 heavy (non-hydrogen) atoms. The summed E-state index contributed by atoms with van der Waals surface area (Å²) >= 11 is 0. The van der Waals surface area contributed by atoms with Crippen molar-refractivity contribution < 1.29 is 30.5 Å². The third kappa shape index (κ3) is 2.85. The molecule has 0 fully saturated rings. The second kappa shape index (κ2) is 5.15. The van der Waals surface area contributed by atoms with Gasteiger partial charge in [-0.05, 0) is 18.2 Å². The van der Waals surface area contributed by atoms with Crippen molar-refractivity contribution in [1.82, 2.24) is 4.57 Å². The molecule has 10 heteroatoms. The van der Waals surface area contributed by atoms with Crippen LogP contribution in [0.3, 0.4) is 0 Å². The van der Waals surface area contributed by atoms with Gasteiger partial charge in [0, 0.05) is 25.2 Å². The predicted molar refractivity (Wildman–Crippen MR) is 73.6 cm³/mol. The first-order chi connectivity index (χ1) is 10.7. The quantitative estimate of drug-likeness (QED) is 0.355. The van der Waals surface area contributed by atoms with Gasteiger partial charge in [-0.1, -0.05) is 0 Å². The van der Waals surface area contributed by atoms with Crippen LogP contribution in [0.2, 0.25) is 0 Å². The van der Waals surface area contributed by atoms with Crippen LogP contribution in [0.15, 0.2) is 41.9 Å². The average Bonchev–Trinajstić information content (AvgIpc) is 2.79. The standard InChI is InChI=1S/C13H11F3N2O4S/c14-13(15,16)23(20,21)22-11-3-4-12-9(6-11)7-17-5-1-2-10(17)8-18(12)19/h1-5,8-9H,6-7H2. The Kier molecular flexibility index (Phi) is 3.51. The van der Waals surface area contributed by atoms with Gasteiger partial charge in [0.2, 0.25) is 6.21 Å². The van der Waals surface area contributed by atoms with Crippen molar-refractivity contribution in [3.63, 3.8) is 0 Å². The normalized spacial score (nSPS) is 21.3. The van der Waals surface area contributed by atoms with E-state index in [0.717, 1.165) is 6.08 Å². The van der Waals surface area contributed by atoms with Crippen molar-refractivity contribution >= 4 is 16.3 Å². The molecule has 1 atom stereocenters. The Morgan fingerprint density at radius 1 is 1.35 bits per heavy atom. The number of halogens is 3. The first-order valence-corrected chi connectivity index (χ1v) is 7.96. The molecule has 1 aromatic heterocycles. The Labute approximate surface area is 129 Å². The Morgan fingerprint density at radius 3 is 2.78 bits per heavy atom. The summed E-state index contributed by atoms with van der Waals surface area (Å²) in [4.78, 5) is 0. The summed E-state index contributed by atoms with van der Waals surface area (Å²) < 4.78 is 65.9. The maximum Gasteiger partial charge on any atom is 0.534 e. The van der Waals surface area contributed by atoms with Gasteiger partial charge in [0.25, 0.3) is 0 Å². The van der Waals surface area contributed by atoms with Gasteiger partial charge in [0.15, 0.2) is 5.70 Å². The van der Waals surface area contributed by atoms with Gasteiger partial charge in [-0.3, -0.25) is 0 Å². The number of hydroxylamine groups is 1. The third-order valence-electron chi connectivity index (χ3n) is 3.59. The van der Waals surface area contributed by atoms with Crippen molar-refractivity contribution in [2.45, 2.75) is 18.5 Å². The molecular weight excluding hydrogens is 337 g/mol. The van der Waals surface area contributed by atoms with Crippen LogP contribution in [0.1, 0.15) is 12.1 Å². The Balaban J connectivity index is 1.89. The lowest BCUT2D eigenvalue weighted by Crippen LogP contribution is -2.27. The van der Waals surface area contributed by atoms with Gasteiger partial charge >= 0.3 is 15.6 Å². The number of nitrogens with zero attached hydrogens (tertiary/aromatic N) is 2. The van der Waals surface area contributed by atoms with Gasteiger partial charge in [-0.15, -0.1) is 0 Å². The lowest BCUT2D eigenvalue weighted by atomic mass is 9.95. The second-order valence-electron chi connectivity index (χ2n) is 5.15. The third-order valence-corrected chi connectivity index (χ3v) is 4.59. The van der Waals surface area contributed by atoms with E-state index in [9.17, 15) is 26.8 Å². The monoisotopic (exact) mass is 348 g/mol. The maximum atomic E-state index is 12.4. The minimum absolute atomic E-state index is 0.120. The minimum Gasteiger partial charge on any atom is -0.618 e. The van der Waals surface area contributed by atoms with Crippen LogP contribution in [-0.2, 0) is 20.8 Å². The average molecular weight is 348 g/mol. The number of aromatic nitrogens is 1. The molecule has 0 bridgehead atoms. The molecule has 0 saturated heterocycles. The molecule has 2 heterocycles. The summed E-state index contributed by atoms with van der Waals surface area (Å²) in [5.41, 5.74) is -4.50. The number of hydrogen-bond donors (Lipinski definition) is 0. The highest BCUT2D eigenvalue weighted by molar-refractivity contribution is 7.87. The fourth-order valence-corrected chi connectivity index (χ4v) is 3.03. The van der Waals surface area contributed by atoms with Gasteiger partial charge in [0.05, 0.1) is 5.92 Å². The van der Waals surface area contributed by atoms with Crippen LogP contribution in [0.5, 0.6) is 0 Å². The number of fused-ring (bicyclic) bond motifs is 2. The van der Waals surface area contributed by atoms with Crippen LogP contribution in [0.25, 0.3) is 0 Å². The number of allylic oxidation sites excluding steroid dienone is 4. The topological polar surface area (TPSA) is 74.4 Å². The number of rotatable bonds is 2. The molecule has 6 nitrogen and oxygen atoms in total. The van der Waals surface area contributed by atoms with E-state index >= 15 is 0 Å². The molecule has 0 aromatic carbocycles. The van der Waals surface area contributed by atoms with E-state index < -0.39 is 21.5 Å². The molecule has 0 spiro atoms. The first kappa shape index (κ1) is 15.7. The maximum absolute atomic E-state index is 12.4. The second-order valence-corrected chi connectivity index (χ2v) is 6.69. The zero-order chi connectivity index (χ0) is 16.8. The smallest absolute Gasteiger partial charge is 0.534 e. The first-order valence-electron chi connectivity index (χ1n) is 6.55. The van der Waals surface area contributed by atoms with E-state index in [4.69, 9.17) is 0 Å². The fourth-order valence-electron chi connectivity index (χ4n) is 2.53. The molecule has 3 rings (SSSR count). The molecule has 0 saturated carbocycles. The van der Waals surface area contributed by atoms with E-state index in [2.05, 4.69) is 4.18 Å². The molecule has 1 aromatic rings. The summed E-state index contributed by atoms with van der Waals surface area (Å²) in [5.74, 6) is -0.832. The van der Waals surface area contributed by atoms with Crippen molar-refractivity contribution in [3.8, 4) is 0 Å². The van der Waals surface area contributed by atoms with Crippen molar-refractivity contribution in [2.24, 2.45) is 5.92 Å². The largest absolute Gasteiger partial charge is 0.618 e. The molecule has 1 aliphatic heterocycles. The fraction of sp³-hybridized carbons (Fsp3) is 0.308. The van der Waals surface area contributed by atoms with Gasteiger partial charge < -0.3 is 14.0 Å². The lowest BCUT2D eigenvalue weighted by Gasteiger charge is -2.22. The zero-order valence-electron chi connectivity index (χ0n) is 11.5. The molecule has 2 aliphatic rings. The molecule has 0 N–H and O–H groups in total. The Morgan fingerprint density at radius 2 is 2.09 bits per heavy atom. The molecule has 1 unspecified atom stereocenters. The van der Waals surface area contributed by atoms with Gasteiger partial charge in [-0.25, -0.2) is 0 Å². The summed E-state index contributed by atoms with van der Waals surface area (Å²) in [5, 5.41) is 12.1. The molecular formula is C13H11F3N2O4S. The van der Waals surface area contributed by atoms with Crippen molar-refractivity contribution in [2.75, 3.05) is 0 Å². The van der Waals surface area contributed by atoms with E-state index in [1.165, 1.54) is 12.3 Å². The SMILES string of the molecule is O=S(=O)(OC1=CC=C2C(C1)Cn1cccc1C=[N+]2[O-])C(F)(F)F. The summed E-state index contributed by atoms with van der Waals surface area (Å²) in [6.45, 7) is 0.330. The minimum atomic E-state index is -5.71. The number of alkyl halides is 3. The van der Waals surface area contributed by atoms with Crippen LogP contribution in [-0.4, -0.2) is 29.4 Å². The molecule has 124 valence electrons. The summed E-state index contributed by atoms with van der Waals surface area (Å²) in [6.07, 6.45) is 5.33. The van der Waals surface area contributed by atoms with Crippen LogP contribution in [0.4, 0.5) is 13.2 Å². The van der Waals surface area contributed by atoms with Crippen molar-refractivity contribution in [1.29, 1.82) is 0 Å². The molecule has 0 amide bonds. The highest BCUT2D eigenvalue weighted by Crippen LogP contribution is 2.33. The van der Waals surface area contributed by atoms with Crippen LogP contribution < -0.4 is 0 Å². The summed E-state index contributed by atoms with van der Waals surface area (Å²) in [6, 6.07) is 3.46. The van der Waals surface area contributed by atoms with Crippen LogP contribution in [0, 0.1) is 11.1 Å². The highest BCUT2D eigenvalue weighted by atomic mass is 32.2. The Bertz CT molecular complexity index is 834. The van der Waals surface area contributed by atoms with E-state index in [0.29, 0.717) is 22.7 Å². The van der Waals surface area contributed by atoms with Gasteiger partial charge in [-0.2, -0.15) is 26.3 Å². The molecule has 0 radical (unpaired) electrons. The zero-order valence-corrected chi connectivity index (χ0v) is 12.3.